The Hall–Kier alpha value is -0.650. The summed E-state index contributed by atoms with van der Waals surface area (Å²) in [5, 5.41) is 0. The molecule has 2 nitrogen and oxygen atoms in total. The number of Topliss-reactive ketones (excluding diaryl/α,β-unsaturated/α-hetero) is 1. The highest BCUT2D eigenvalue weighted by molar-refractivity contribution is 14.1. The molecule has 1 rings (SSSR count). The Morgan fingerprint density at radius 1 is 1.54 bits per heavy atom. The highest BCUT2D eigenvalue weighted by Gasteiger charge is 2.16. The van der Waals surface area contributed by atoms with Crippen LogP contribution in [0.2, 0.25) is 0 Å². The van der Waals surface area contributed by atoms with Crippen LogP contribution in [-0.2, 0) is 0 Å². The zero-order valence-electron chi connectivity index (χ0n) is 7.23. The number of halogens is 2. The standard InChI is InChI=1S/C9H8FIO2/c1-5(12)8-7(13-2)4-3-6(11)9(8)10/h3-4H,1-2H3. The molecule has 0 N–H and O–H groups in total. The van der Waals surface area contributed by atoms with Crippen molar-refractivity contribution in [1.29, 1.82) is 0 Å². The van der Waals surface area contributed by atoms with Crippen molar-refractivity contribution in [3.05, 3.63) is 27.1 Å². The van der Waals surface area contributed by atoms with E-state index in [4.69, 9.17) is 4.74 Å². The molecule has 1 aromatic rings. The van der Waals surface area contributed by atoms with Gasteiger partial charge in [-0.15, -0.1) is 0 Å². The third-order valence-electron chi connectivity index (χ3n) is 1.63. The smallest absolute Gasteiger partial charge is 0.166 e. The Morgan fingerprint density at radius 2 is 2.15 bits per heavy atom. The van der Waals surface area contributed by atoms with E-state index in [0.29, 0.717) is 3.57 Å². The van der Waals surface area contributed by atoms with Gasteiger partial charge in [0.1, 0.15) is 5.75 Å². The van der Waals surface area contributed by atoms with Crippen LogP contribution in [0.1, 0.15) is 17.3 Å². The van der Waals surface area contributed by atoms with Gasteiger partial charge in [0.25, 0.3) is 0 Å². The first-order valence-electron chi connectivity index (χ1n) is 3.61. The van der Waals surface area contributed by atoms with Gasteiger partial charge in [-0.05, 0) is 41.6 Å². The van der Waals surface area contributed by atoms with E-state index < -0.39 is 5.82 Å². The molecule has 0 aliphatic heterocycles. The summed E-state index contributed by atoms with van der Waals surface area (Å²) >= 11 is 1.83. The van der Waals surface area contributed by atoms with Gasteiger partial charge < -0.3 is 4.74 Å². The van der Waals surface area contributed by atoms with Crippen LogP contribution in [0.4, 0.5) is 4.39 Å². The second-order valence-electron chi connectivity index (χ2n) is 2.49. The van der Waals surface area contributed by atoms with Gasteiger partial charge in [-0.3, -0.25) is 4.79 Å². The molecule has 0 heterocycles. The molecular weight excluding hydrogens is 286 g/mol. The van der Waals surface area contributed by atoms with Crippen LogP contribution >= 0.6 is 22.6 Å². The van der Waals surface area contributed by atoms with E-state index in [1.807, 2.05) is 22.6 Å². The molecule has 0 saturated carbocycles. The maximum atomic E-state index is 13.4. The van der Waals surface area contributed by atoms with Crippen LogP contribution in [0.5, 0.6) is 5.75 Å². The average Bonchev–Trinajstić information content (AvgIpc) is 2.08. The predicted octanol–water partition coefficient (Wildman–Crippen LogP) is 2.64. The topological polar surface area (TPSA) is 26.3 Å². The predicted molar refractivity (Wildman–Crippen MR) is 55.7 cm³/mol. The molecule has 0 aromatic heterocycles. The quantitative estimate of drug-likeness (QED) is 0.619. The van der Waals surface area contributed by atoms with Crippen molar-refractivity contribution in [2.75, 3.05) is 7.11 Å². The molecule has 1 aromatic carbocycles. The average molecular weight is 294 g/mol. The molecule has 0 aliphatic rings. The van der Waals surface area contributed by atoms with Crippen molar-refractivity contribution >= 4 is 28.4 Å². The summed E-state index contributed by atoms with van der Waals surface area (Å²) in [5.41, 5.74) is 0.0226. The lowest BCUT2D eigenvalue weighted by Gasteiger charge is -2.07. The third kappa shape index (κ3) is 1.99. The Balaban J connectivity index is 3.41. The van der Waals surface area contributed by atoms with Crippen molar-refractivity contribution in [2.24, 2.45) is 0 Å². The first-order valence-corrected chi connectivity index (χ1v) is 4.68. The van der Waals surface area contributed by atoms with Crippen molar-refractivity contribution < 1.29 is 13.9 Å². The van der Waals surface area contributed by atoms with E-state index in [9.17, 15) is 9.18 Å². The SMILES string of the molecule is COc1ccc(I)c(F)c1C(C)=O. The highest BCUT2D eigenvalue weighted by Crippen LogP contribution is 2.25. The second-order valence-corrected chi connectivity index (χ2v) is 3.66. The van der Waals surface area contributed by atoms with Gasteiger partial charge in [0.15, 0.2) is 11.6 Å². The van der Waals surface area contributed by atoms with E-state index in [1.54, 1.807) is 12.1 Å². The van der Waals surface area contributed by atoms with Crippen LogP contribution < -0.4 is 4.74 Å². The third-order valence-corrected chi connectivity index (χ3v) is 2.46. The monoisotopic (exact) mass is 294 g/mol. The molecule has 70 valence electrons. The first kappa shape index (κ1) is 10.4. The summed E-state index contributed by atoms with van der Waals surface area (Å²) in [6.45, 7) is 1.32. The molecule has 0 aliphatic carbocycles. The summed E-state index contributed by atoms with van der Waals surface area (Å²) in [5.74, 6) is -0.550. The minimum Gasteiger partial charge on any atom is -0.496 e. The molecule has 4 heteroatoms. The fourth-order valence-corrected chi connectivity index (χ4v) is 1.48. The van der Waals surface area contributed by atoms with Gasteiger partial charge in [-0.2, -0.15) is 0 Å². The zero-order chi connectivity index (χ0) is 10.0. The lowest BCUT2D eigenvalue weighted by atomic mass is 10.1. The van der Waals surface area contributed by atoms with E-state index in [2.05, 4.69) is 0 Å². The molecule has 13 heavy (non-hydrogen) atoms. The van der Waals surface area contributed by atoms with E-state index in [1.165, 1.54) is 14.0 Å². The second kappa shape index (κ2) is 4.04. The zero-order valence-corrected chi connectivity index (χ0v) is 9.38. The maximum absolute atomic E-state index is 13.4. The number of ether oxygens (including phenoxy) is 1. The Bertz CT molecular complexity index is 350. The number of methoxy groups -OCH3 is 1. The molecule has 0 radical (unpaired) electrons. The molecule has 0 unspecified atom stereocenters. The number of rotatable bonds is 2. The van der Waals surface area contributed by atoms with Crippen LogP contribution in [0.3, 0.4) is 0 Å². The number of carbonyl (C=O) groups is 1. The highest BCUT2D eigenvalue weighted by atomic mass is 127. The molecule has 0 amide bonds. The summed E-state index contributed by atoms with van der Waals surface area (Å²) in [6, 6.07) is 3.16. The Morgan fingerprint density at radius 3 is 2.62 bits per heavy atom. The molecule has 0 spiro atoms. The largest absolute Gasteiger partial charge is 0.496 e. The summed E-state index contributed by atoms with van der Waals surface area (Å²) in [7, 11) is 1.41. The van der Waals surface area contributed by atoms with Gasteiger partial charge in [0.2, 0.25) is 0 Å². The van der Waals surface area contributed by atoms with E-state index in [0.717, 1.165) is 0 Å². The number of hydrogen-bond donors (Lipinski definition) is 0. The van der Waals surface area contributed by atoms with Crippen LogP contribution in [0.15, 0.2) is 12.1 Å². The normalized spacial score (nSPS) is 9.85. The van der Waals surface area contributed by atoms with E-state index in [-0.39, 0.29) is 17.1 Å². The number of ketones is 1. The minimum atomic E-state index is -0.507. The summed E-state index contributed by atoms with van der Waals surface area (Å²) in [4.78, 5) is 11.1. The Kier molecular flexibility index (Phi) is 3.24. The van der Waals surface area contributed by atoms with Crippen LogP contribution in [0.25, 0.3) is 0 Å². The lowest BCUT2D eigenvalue weighted by Crippen LogP contribution is -2.02. The molecule has 0 saturated heterocycles. The summed E-state index contributed by atoms with van der Waals surface area (Å²) < 4.78 is 18.7. The fourth-order valence-electron chi connectivity index (χ4n) is 1.03. The summed E-state index contributed by atoms with van der Waals surface area (Å²) in [6.07, 6.45) is 0. The number of hydrogen-bond acceptors (Lipinski definition) is 2. The number of carbonyl (C=O) groups excluding carboxylic acids is 1. The van der Waals surface area contributed by atoms with Crippen molar-refractivity contribution in [3.8, 4) is 5.75 Å². The minimum absolute atomic E-state index is 0.0226. The van der Waals surface area contributed by atoms with E-state index >= 15 is 0 Å². The van der Waals surface area contributed by atoms with Gasteiger partial charge in [-0.1, -0.05) is 0 Å². The molecule has 0 atom stereocenters. The van der Waals surface area contributed by atoms with Crippen molar-refractivity contribution in [3.63, 3.8) is 0 Å². The lowest BCUT2D eigenvalue weighted by molar-refractivity contribution is 0.101. The van der Waals surface area contributed by atoms with Gasteiger partial charge >= 0.3 is 0 Å². The maximum Gasteiger partial charge on any atom is 0.166 e. The van der Waals surface area contributed by atoms with Crippen molar-refractivity contribution in [1.82, 2.24) is 0 Å². The molecular formula is C9H8FIO2. The number of benzene rings is 1. The van der Waals surface area contributed by atoms with Crippen molar-refractivity contribution in [2.45, 2.75) is 6.92 Å². The Labute approximate surface area is 89.2 Å². The van der Waals surface area contributed by atoms with Gasteiger partial charge in [0.05, 0.1) is 12.7 Å². The van der Waals surface area contributed by atoms with Gasteiger partial charge in [-0.25, -0.2) is 4.39 Å². The first-order chi connectivity index (χ1) is 6.07. The van der Waals surface area contributed by atoms with Crippen LogP contribution in [-0.4, -0.2) is 12.9 Å². The van der Waals surface area contributed by atoms with Gasteiger partial charge in [0, 0.05) is 3.57 Å². The van der Waals surface area contributed by atoms with Crippen LogP contribution in [0, 0.1) is 9.39 Å². The fraction of sp³-hybridized carbons (Fsp3) is 0.222. The molecule has 0 bridgehead atoms. The molecule has 0 fully saturated rings.